The van der Waals surface area contributed by atoms with Gasteiger partial charge >= 0.3 is 0 Å². The second-order valence-electron chi connectivity index (χ2n) is 9.57. The van der Waals surface area contributed by atoms with Crippen LogP contribution < -0.4 is 5.73 Å². The van der Waals surface area contributed by atoms with Crippen molar-refractivity contribution in [3.63, 3.8) is 0 Å². The van der Waals surface area contributed by atoms with Gasteiger partial charge in [0.1, 0.15) is 9.84 Å². The van der Waals surface area contributed by atoms with E-state index in [-0.39, 0.29) is 21.4 Å². The number of fused-ring (bicyclic) bond motifs is 1. The minimum absolute atomic E-state index is 0.0964. The van der Waals surface area contributed by atoms with E-state index in [0.717, 1.165) is 9.54 Å². The van der Waals surface area contributed by atoms with Gasteiger partial charge in [0, 0.05) is 24.4 Å². The summed E-state index contributed by atoms with van der Waals surface area (Å²) >= 11 is 0. The Morgan fingerprint density at radius 3 is 2.24 bits per heavy atom. The second-order valence-corrected chi connectivity index (χ2v) is 13.7. The lowest BCUT2D eigenvalue weighted by Gasteiger charge is -2.31. The molecule has 1 saturated heterocycles. The summed E-state index contributed by atoms with van der Waals surface area (Å²) in [5.41, 5.74) is 7.91. The summed E-state index contributed by atoms with van der Waals surface area (Å²) in [4.78, 5) is 18.7. The monoisotopic (exact) mass is 552 g/mol. The zero-order valence-electron chi connectivity index (χ0n) is 20.8. The first-order valence-electron chi connectivity index (χ1n) is 12.2. The molecule has 38 heavy (non-hydrogen) atoms. The first-order valence-corrected chi connectivity index (χ1v) is 15.6. The minimum atomic E-state index is -4.05. The molecule has 0 radical (unpaired) electrons. The molecule has 4 aromatic rings. The van der Waals surface area contributed by atoms with Gasteiger partial charge in [-0.1, -0.05) is 42.5 Å². The highest BCUT2D eigenvalue weighted by Gasteiger charge is 2.28. The number of carbonyl (C=O) groups is 1. The number of sulfone groups is 1. The Hall–Kier alpha value is -3.54. The Kier molecular flexibility index (Phi) is 6.84. The molecule has 1 aliphatic rings. The highest BCUT2D eigenvalue weighted by atomic mass is 32.2. The minimum Gasteiger partial charge on any atom is -0.366 e. The predicted octanol–water partition coefficient (Wildman–Crippen LogP) is 3.05. The maximum absolute atomic E-state index is 13.8. The number of primary amides is 1. The summed E-state index contributed by atoms with van der Waals surface area (Å²) in [7, 11) is -7.08. The lowest BCUT2D eigenvalue weighted by atomic mass is 10.1. The lowest BCUT2D eigenvalue weighted by Crippen LogP contribution is -2.38. The van der Waals surface area contributed by atoms with E-state index < -0.39 is 25.8 Å². The maximum Gasteiger partial charge on any atom is 0.269 e. The quantitative estimate of drug-likeness (QED) is 0.373. The van der Waals surface area contributed by atoms with Gasteiger partial charge in [0.25, 0.3) is 10.0 Å². The van der Waals surface area contributed by atoms with E-state index in [1.807, 2.05) is 24.3 Å². The van der Waals surface area contributed by atoms with Crippen LogP contribution in [0.1, 0.15) is 28.8 Å². The zero-order valence-corrected chi connectivity index (χ0v) is 22.5. The summed E-state index contributed by atoms with van der Waals surface area (Å²) < 4.78 is 52.4. The molecule has 0 unspecified atom stereocenters. The third-order valence-electron chi connectivity index (χ3n) is 7.00. The number of nitrogens with zero attached hydrogens (tertiary/aromatic N) is 3. The molecule has 11 heteroatoms. The molecule has 1 aliphatic heterocycles. The number of hydrogen-bond donors (Lipinski definition) is 1. The molecule has 0 bridgehead atoms. The van der Waals surface area contributed by atoms with Crippen molar-refractivity contribution in [1.82, 2.24) is 13.9 Å². The van der Waals surface area contributed by atoms with Gasteiger partial charge in [0.05, 0.1) is 21.4 Å². The van der Waals surface area contributed by atoms with Gasteiger partial charge in [-0.15, -0.1) is 0 Å². The molecule has 0 aliphatic carbocycles. The number of pyridine rings is 1. The van der Waals surface area contributed by atoms with Crippen LogP contribution in [0.5, 0.6) is 0 Å². The van der Waals surface area contributed by atoms with E-state index in [0.29, 0.717) is 49.1 Å². The van der Waals surface area contributed by atoms with E-state index in [9.17, 15) is 21.6 Å². The van der Waals surface area contributed by atoms with Crippen molar-refractivity contribution in [2.75, 3.05) is 19.3 Å². The largest absolute Gasteiger partial charge is 0.366 e. The molecule has 2 aromatic carbocycles. The van der Waals surface area contributed by atoms with Gasteiger partial charge in [0.15, 0.2) is 5.65 Å². The molecule has 3 heterocycles. The van der Waals surface area contributed by atoms with E-state index >= 15 is 0 Å². The van der Waals surface area contributed by atoms with E-state index in [1.54, 1.807) is 24.3 Å². The summed E-state index contributed by atoms with van der Waals surface area (Å²) in [5.74, 6) is -0.673. The van der Waals surface area contributed by atoms with E-state index in [1.165, 1.54) is 30.7 Å². The number of rotatable bonds is 7. The van der Waals surface area contributed by atoms with Crippen molar-refractivity contribution < 1.29 is 21.6 Å². The highest BCUT2D eigenvalue weighted by Crippen LogP contribution is 2.33. The smallest absolute Gasteiger partial charge is 0.269 e. The molecule has 0 atom stereocenters. The fourth-order valence-electron chi connectivity index (χ4n) is 4.97. The van der Waals surface area contributed by atoms with Crippen molar-refractivity contribution in [3.8, 4) is 11.3 Å². The van der Waals surface area contributed by atoms with Crippen LogP contribution in [0.2, 0.25) is 0 Å². The Balaban J connectivity index is 1.51. The topological polar surface area (TPSA) is 132 Å². The fourth-order valence-corrected chi connectivity index (χ4v) is 7.54. The van der Waals surface area contributed by atoms with Crippen molar-refractivity contribution in [2.24, 2.45) is 5.73 Å². The van der Waals surface area contributed by atoms with Crippen LogP contribution in [-0.2, 0) is 26.4 Å². The second kappa shape index (κ2) is 9.97. The van der Waals surface area contributed by atoms with Crippen LogP contribution >= 0.6 is 0 Å². The molecule has 198 valence electrons. The summed E-state index contributed by atoms with van der Waals surface area (Å²) in [6, 6.07) is 18.7. The van der Waals surface area contributed by atoms with E-state index in [2.05, 4.69) is 9.88 Å². The van der Waals surface area contributed by atoms with Crippen LogP contribution in [0.15, 0.2) is 77.8 Å². The lowest BCUT2D eigenvalue weighted by molar-refractivity contribution is 0.100. The summed E-state index contributed by atoms with van der Waals surface area (Å²) in [6.45, 7) is 2.06. The molecule has 0 spiro atoms. The molecule has 1 fully saturated rings. The standard InChI is InChI=1S/C27H28N4O5S2/c1-37(33,34)21-12-15-30(16-13-21)18-19-7-9-20(10-8-19)25-17-24-23(26(28)32)11-14-29-27(24)31(25)38(35,36)22-5-3-2-4-6-22/h2-11,14,17,21H,12-13,15-16,18H2,1H3,(H2,28,32). The van der Waals surface area contributed by atoms with Gasteiger partial charge < -0.3 is 5.73 Å². The Bertz CT molecular complexity index is 1710. The van der Waals surface area contributed by atoms with E-state index in [4.69, 9.17) is 5.73 Å². The number of carbonyl (C=O) groups excluding carboxylic acids is 1. The third kappa shape index (κ3) is 4.96. The Morgan fingerprint density at radius 2 is 1.63 bits per heavy atom. The highest BCUT2D eigenvalue weighted by molar-refractivity contribution is 7.91. The van der Waals surface area contributed by atoms with Gasteiger partial charge in [-0.3, -0.25) is 9.69 Å². The van der Waals surface area contributed by atoms with Gasteiger partial charge in [-0.25, -0.2) is 25.8 Å². The zero-order chi connectivity index (χ0) is 27.1. The van der Waals surface area contributed by atoms with Gasteiger partial charge in [0.2, 0.25) is 5.91 Å². The van der Waals surface area contributed by atoms with Crippen LogP contribution in [0.25, 0.3) is 22.3 Å². The van der Waals surface area contributed by atoms with Crippen molar-refractivity contribution in [3.05, 3.63) is 84.1 Å². The van der Waals surface area contributed by atoms with Crippen molar-refractivity contribution >= 4 is 36.8 Å². The average Bonchev–Trinajstić information content (AvgIpc) is 3.30. The fraction of sp³-hybridized carbons (Fsp3) is 0.259. The number of likely N-dealkylation sites (tertiary alicyclic amines) is 1. The molecule has 5 rings (SSSR count). The van der Waals surface area contributed by atoms with Crippen LogP contribution in [0.4, 0.5) is 0 Å². The Labute approximate surface area is 221 Å². The van der Waals surface area contributed by atoms with Crippen molar-refractivity contribution in [2.45, 2.75) is 29.5 Å². The number of aromatic nitrogens is 2. The van der Waals surface area contributed by atoms with Gasteiger partial charge in [-0.2, -0.15) is 0 Å². The molecule has 0 saturated carbocycles. The molecule has 2 N–H and O–H groups in total. The molecular formula is C27H28N4O5S2. The summed E-state index contributed by atoms with van der Waals surface area (Å²) in [6.07, 6.45) is 3.90. The molecule has 9 nitrogen and oxygen atoms in total. The maximum atomic E-state index is 13.8. The number of hydrogen-bond acceptors (Lipinski definition) is 7. The van der Waals surface area contributed by atoms with Crippen LogP contribution in [-0.4, -0.2) is 61.2 Å². The van der Waals surface area contributed by atoms with Crippen LogP contribution in [0.3, 0.4) is 0 Å². The number of piperidine rings is 1. The SMILES string of the molecule is CS(=O)(=O)C1CCN(Cc2ccc(-c3cc4c(C(N)=O)ccnc4n3S(=O)(=O)c3ccccc3)cc2)CC1. The van der Waals surface area contributed by atoms with Gasteiger partial charge in [-0.05, 0) is 61.3 Å². The summed E-state index contributed by atoms with van der Waals surface area (Å²) in [5, 5.41) is 0.0702. The number of benzene rings is 2. The average molecular weight is 553 g/mol. The number of nitrogens with two attached hydrogens (primary N) is 1. The normalized spacial score (nSPS) is 15.6. The molecule has 2 aromatic heterocycles. The first kappa shape index (κ1) is 26.1. The molecule has 1 amide bonds. The van der Waals surface area contributed by atoms with Crippen LogP contribution in [0, 0.1) is 0 Å². The predicted molar refractivity (Wildman–Crippen MR) is 146 cm³/mol. The Morgan fingerprint density at radius 1 is 0.974 bits per heavy atom. The molecular weight excluding hydrogens is 524 g/mol. The number of amides is 1. The first-order chi connectivity index (χ1) is 18.1. The van der Waals surface area contributed by atoms with Crippen molar-refractivity contribution in [1.29, 1.82) is 0 Å². The third-order valence-corrected chi connectivity index (χ3v) is 10.4.